The molecule has 1 saturated carbocycles. The highest BCUT2D eigenvalue weighted by molar-refractivity contribution is 5.56. The third-order valence-corrected chi connectivity index (χ3v) is 4.51. The maximum Gasteiger partial charge on any atom is 0.0885 e. The van der Waals surface area contributed by atoms with Crippen LogP contribution in [0.5, 0.6) is 0 Å². The topological polar surface area (TPSA) is 46.0 Å². The van der Waals surface area contributed by atoms with Gasteiger partial charge in [-0.15, -0.1) is 0 Å². The van der Waals surface area contributed by atoms with Gasteiger partial charge < -0.3 is 10.2 Å². The van der Waals surface area contributed by atoms with Crippen molar-refractivity contribution in [1.82, 2.24) is 25.0 Å². The van der Waals surface area contributed by atoms with E-state index in [1.54, 1.807) is 0 Å². The monoisotopic (exact) mass is 299 g/mol. The SMILES string of the molecule is CN(C)CCNCC1(c2ccnc(-c3ccnn3C)c2)CC1. The summed E-state index contributed by atoms with van der Waals surface area (Å²) in [5.41, 5.74) is 3.79. The van der Waals surface area contributed by atoms with Gasteiger partial charge in [-0.2, -0.15) is 5.10 Å². The van der Waals surface area contributed by atoms with Crippen LogP contribution >= 0.6 is 0 Å². The smallest absolute Gasteiger partial charge is 0.0885 e. The van der Waals surface area contributed by atoms with Crippen LogP contribution in [0, 0.1) is 0 Å². The molecule has 0 bridgehead atoms. The van der Waals surface area contributed by atoms with Gasteiger partial charge in [-0.05, 0) is 50.7 Å². The molecule has 0 saturated heterocycles. The summed E-state index contributed by atoms with van der Waals surface area (Å²) in [7, 11) is 6.18. The van der Waals surface area contributed by atoms with Crippen molar-refractivity contribution in [2.45, 2.75) is 18.3 Å². The Morgan fingerprint density at radius 3 is 2.73 bits per heavy atom. The summed E-state index contributed by atoms with van der Waals surface area (Å²) >= 11 is 0. The van der Waals surface area contributed by atoms with Gasteiger partial charge in [0.15, 0.2) is 0 Å². The molecule has 118 valence electrons. The second-order valence-corrected chi connectivity index (χ2v) is 6.53. The molecular formula is C17H25N5. The highest BCUT2D eigenvalue weighted by Gasteiger charge is 2.43. The Bertz CT molecular complexity index is 627. The molecule has 22 heavy (non-hydrogen) atoms. The van der Waals surface area contributed by atoms with Crippen molar-refractivity contribution < 1.29 is 0 Å². The summed E-state index contributed by atoms with van der Waals surface area (Å²) in [5, 5.41) is 7.84. The molecule has 2 aromatic rings. The molecule has 1 aliphatic rings. The van der Waals surface area contributed by atoms with Gasteiger partial charge in [0.2, 0.25) is 0 Å². The van der Waals surface area contributed by atoms with Crippen molar-refractivity contribution in [1.29, 1.82) is 0 Å². The summed E-state index contributed by atoms with van der Waals surface area (Å²) < 4.78 is 1.88. The molecule has 0 unspecified atom stereocenters. The zero-order chi connectivity index (χ0) is 15.6. The average molecular weight is 299 g/mol. The van der Waals surface area contributed by atoms with Crippen LogP contribution in [-0.2, 0) is 12.5 Å². The minimum Gasteiger partial charge on any atom is -0.315 e. The minimum absolute atomic E-state index is 0.308. The van der Waals surface area contributed by atoms with Crippen LogP contribution in [0.25, 0.3) is 11.4 Å². The van der Waals surface area contributed by atoms with Gasteiger partial charge in [-0.3, -0.25) is 9.67 Å². The Balaban J connectivity index is 1.71. The van der Waals surface area contributed by atoms with E-state index in [9.17, 15) is 0 Å². The molecule has 0 aromatic carbocycles. The highest BCUT2D eigenvalue weighted by atomic mass is 15.3. The van der Waals surface area contributed by atoms with Crippen LogP contribution in [0.4, 0.5) is 0 Å². The number of aromatic nitrogens is 3. The van der Waals surface area contributed by atoms with Crippen LogP contribution in [0.2, 0.25) is 0 Å². The lowest BCUT2D eigenvalue weighted by molar-refractivity contribution is 0.395. The first-order valence-corrected chi connectivity index (χ1v) is 7.91. The largest absolute Gasteiger partial charge is 0.315 e. The molecule has 0 spiro atoms. The molecule has 5 nitrogen and oxygen atoms in total. The van der Waals surface area contributed by atoms with Crippen LogP contribution < -0.4 is 5.32 Å². The number of rotatable bonds is 7. The fraction of sp³-hybridized carbons (Fsp3) is 0.529. The Kier molecular flexibility index (Phi) is 4.27. The number of hydrogen-bond acceptors (Lipinski definition) is 4. The second kappa shape index (κ2) is 6.18. The lowest BCUT2D eigenvalue weighted by atomic mass is 9.95. The quantitative estimate of drug-likeness (QED) is 0.790. The van der Waals surface area contributed by atoms with Crippen molar-refractivity contribution in [3.05, 3.63) is 36.2 Å². The molecule has 1 N–H and O–H groups in total. The van der Waals surface area contributed by atoms with Crippen LogP contribution in [0.15, 0.2) is 30.6 Å². The van der Waals surface area contributed by atoms with Crippen molar-refractivity contribution in [3.63, 3.8) is 0 Å². The molecule has 1 aliphatic carbocycles. The average Bonchev–Trinajstić information content (AvgIpc) is 3.18. The summed E-state index contributed by atoms with van der Waals surface area (Å²) in [5.74, 6) is 0. The summed E-state index contributed by atoms with van der Waals surface area (Å²) in [6.07, 6.45) is 6.27. The molecule has 0 amide bonds. The predicted octanol–water partition coefficient (Wildman–Crippen LogP) is 1.66. The highest BCUT2D eigenvalue weighted by Crippen LogP contribution is 2.48. The first-order chi connectivity index (χ1) is 10.6. The first kappa shape index (κ1) is 15.2. The Morgan fingerprint density at radius 2 is 2.09 bits per heavy atom. The summed E-state index contributed by atoms with van der Waals surface area (Å²) in [6.45, 7) is 3.16. The minimum atomic E-state index is 0.308. The summed E-state index contributed by atoms with van der Waals surface area (Å²) in [4.78, 5) is 6.72. The van der Waals surface area contributed by atoms with E-state index >= 15 is 0 Å². The number of likely N-dealkylation sites (N-methyl/N-ethyl adjacent to an activating group) is 1. The van der Waals surface area contributed by atoms with E-state index in [0.717, 1.165) is 31.0 Å². The number of nitrogens with one attached hydrogen (secondary N) is 1. The van der Waals surface area contributed by atoms with Crippen LogP contribution in [-0.4, -0.2) is 53.4 Å². The van der Waals surface area contributed by atoms with Gasteiger partial charge in [0, 0.05) is 44.5 Å². The predicted molar refractivity (Wildman–Crippen MR) is 88.8 cm³/mol. The van der Waals surface area contributed by atoms with E-state index in [1.807, 2.05) is 30.2 Å². The molecule has 0 atom stereocenters. The van der Waals surface area contributed by atoms with E-state index in [-0.39, 0.29) is 0 Å². The van der Waals surface area contributed by atoms with Gasteiger partial charge in [-0.1, -0.05) is 0 Å². The second-order valence-electron chi connectivity index (χ2n) is 6.53. The molecule has 0 radical (unpaired) electrons. The number of nitrogens with zero attached hydrogens (tertiary/aromatic N) is 4. The Hall–Kier alpha value is -1.72. The Labute approximate surface area is 132 Å². The van der Waals surface area contributed by atoms with E-state index in [4.69, 9.17) is 0 Å². The van der Waals surface area contributed by atoms with Gasteiger partial charge in [-0.25, -0.2) is 0 Å². The van der Waals surface area contributed by atoms with Gasteiger partial charge >= 0.3 is 0 Å². The van der Waals surface area contributed by atoms with E-state index in [1.165, 1.54) is 18.4 Å². The van der Waals surface area contributed by atoms with Gasteiger partial charge in [0.25, 0.3) is 0 Å². The first-order valence-electron chi connectivity index (χ1n) is 7.91. The standard InChI is InChI=1S/C17H25N5/c1-21(2)11-10-18-13-17(6-7-17)14-4-8-19-15(12-14)16-5-9-20-22(16)3/h4-5,8-9,12,18H,6-7,10-11,13H2,1-3H3. The maximum atomic E-state index is 4.52. The lowest BCUT2D eigenvalue weighted by Crippen LogP contribution is -2.32. The third-order valence-electron chi connectivity index (χ3n) is 4.51. The molecule has 2 aromatic heterocycles. The molecule has 1 fully saturated rings. The normalized spacial score (nSPS) is 16.2. The fourth-order valence-electron chi connectivity index (χ4n) is 2.87. The number of aryl methyl sites for hydroxylation is 1. The van der Waals surface area contributed by atoms with Crippen molar-refractivity contribution in [3.8, 4) is 11.4 Å². The van der Waals surface area contributed by atoms with Crippen molar-refractivity contribution in [2.24, 2.45) is 7.05 Å². The molecule has 3 rings (SSSR count). The van der Waals surface area contributed by atoms with Crippen LogP contribution in [0.1, 0.15) is 18.4 Å². The number of hydrogen-bond donors (Lipinski definition) is 1. The molecule has 0 aliphatic heterocycles. The zero-order valence-corrected chi connectivity index (χ0v) is 13.7. The number of pyridine rings is 1. The maximum absolute atomic E-state index is 4.52. The Morgan fingerprint density at radius 1 is 1.27 bits per heavy atom. The van der Waals surface area contributed by atoms with E-state index in [2.05, 4.69) is 46.5 Å². The fourth-order valence-corrected chi connectivity index (χ4v) is 2.87. The van der Waals surface area contributed by atoms with Crippen molar-refractivity contribution >= 4 is 0 Å². The summed E-state index contributed by atoms with van der Waals surface area (Å²) in [6, 6.07) is 6.42. The van der Waals surface area contributed by atoms with E-state index < -0.39 is 0 Å². The van der Waals surface area contributed by atoms with Gasteiger partial charge in [0.05, 0.1) is 11.4 Å². The van der Waals surface area contributed by atoms with E-state index in [0.29, 0.717) is 5.41 Å². The molecule has 5 heteroatoms. The van der Waals surface area contributed by atoms with Crippen molar-refractivity contribution in [2.75, 3.05) is 33.7 Å². The molecule has 2 heterocycles. The lowest BCUT2D eigenvalue weighted by Gasteiger charge is -2.18. The zero-order valence-electron chi connectivity index (χ0n) is 13.7. The molecular weight excluding hydrogens is 274 g/mol. The third kappa shape index (κ3) is 3.20. The van der Waals surface area contributed by atoms with Gasteiger partial charge in [0.1, 0.15) is 0 Å². The van der Waals surface area contributed by atoms with Crippen LogP contribution in [0.3, 0.4) is 0 Å².